The van der Waals surface area contributed by atoms with Crippen molar-refractivity contribution in [2.75, 3.05) is 25.1 Å². The van der Waals surface area contributed by atoms with Crippen molar-refractivity contribution >= 4 is 39.3 Å². The number of rotatable bonds is 7. The molecule has 0 aliphatic carbocycles. The third-order valence-corrected chi connectivity index (χ3v) is 8.82. The SMILES string of the molecule is CCOc1cc2c(cc1OCC)[C@H]1[C@@H](C(=O)Nc3ccc4c(c3)c3ccccc3n4CC)c3ccccc3C(=O)N1CC2. The Balaban J connectivity index is 1.33. The largest absolute Gasteiger partial charge is 0.490 e. The minimum absolute atomic E-state index is 0.0454. The summed E-state index contributed by atoms with van der Waals surface area (Å²) in [5, 5.41) is 5.50. The molecule has 7 rings (SSSR count). The van der Waals surface area contributed by atoms with Crippen LogP contribution in [0.1, 0.15) is 59.8 Å². The van der Waals surface area contributed by atoms with Gasteiger partial charge in [0.1, 0.15) is 0 Å². The number of para-hydroxylation sites is 1. The summed E-state index contributed by atoms with van der Waals surface area (Å²) >= 11 is 0. The van der Waals surface area contributed by atoms with E-state index in [1.807, 2.05) is 67.3 Å². The molecular weight excluding hydrogens is 538 g/mol. The van der Waals surface area contributed by atoms with E-state index in [4.69, 9.17) is 9.47 Å². The summed E-state index contributed by atoms with van der Waals surface area (Å²) in [4.78, 5) is 30.1. The number of hydrogen-bond acceptors (Lipinski definition) is 4. The van der Waals surface area contributed by atoms with Gasteiger partial charge < -0.3 is 24.3 Å². The molecule has 7 nitrogen and oxygen atoms in total. The number of anilines is 1. The highest BCUT2D eigenvalue weighted by atomic mass is 16.5. The third kappa shape index (κ3) is 4.33. The maximum absolute atomic E-state index is 14.4. The minimum atomic E-state index is -0.604. The second kappa shape index (κ2) is 10.8. The van der Waals surface area contributed by atoms with Crippen LogP contribution in [0.3, 0.4) is 0 Å². The van der Waals surface area contributed by atoms with Crippen LogP contribution in [0.5, 0.6) is 11.5 Å². The minimum Gasteiger partial charge on any atom is -0.490 e. The van der Waals surface area contributed by atoms with Gasteiger partial charge in [0.15, 0.2) is 11.5 Å². The van der Waals surface area contributed by atoms with Crippen molar-refractivity contribution in [1.29, 1.82) is 0 Å². The molecule has 2 amide bonds. The predicted molar refractivity (Wildman–Crippen MR) is 169 cm³/mol. The first-order chi connectivity index (χ1) is 21.0. The molecule has 3 heterocycles. The summed E-state index contributed by atoms with van der Waals surface area (Å²) < 4.78 is 14.2. The maximum atomic E-state index is 14.4. The number of aromatic nitrogens is 1. The lowest BCUT2D eigenvalue weighted by atomic mass is 9.75. The topological polar surface area (TPSA) is 72.8 Å². The highest BCUT2D eigenvalue weighted by Gasteiger charge is 2.46. The fourth-order valence-corrected chi connectivity index (χ4v) is 7.05. The number of amides is 2. The molecule has 2 aliphatic heterocycles. The van der Waals surface area contributed by atoms with Crippen molar-refractivity contribution in [2.24, 2.45) is 0 Å². The van der Waals surface area contributed by atoms with E-state index >= 15 is 0 Å². The number of fused-ring (bicyclic) bond motifs is 7. The average Bonchev–Trinajstić information content (AvgIpc) is 3.34. The fourth-order valence-electron chi connectivity index (χ4n) is 7.05. The van der Waals surface area contributed by atoms with Crippen LogP contribution in [0.15, 0.2) is 78.9 Å². The zero-order valence-electron chi connectivity index (χ0n) is 24.7. The van der Waals surface area contributed by atoms with Gasteiger partial charge in [-0.1, -0.05) is 36.4 Å². The van der Waals surface area contributed by atoms with E-state index in [2.05, 4.69) is 47.1 Å². The van der Waals surface area contributed by atoms with E-state index < -0.39 is 12.0 Å². The van der Waals surface area contributed by atoms with Crippen LogP contribution in [0.25, 0.3) is 21.8 Å². The van der Waals surface area contributed by atoms with Gasteiger partial charge >= 0.3 is 0 Å². The van der Waals surface area contributed by atoms with Crippen LogP contribution in [0.4, 0.5) is 5.69 Å². The van der Waals surface area contributed by atoms with E-state index in [1.165, 1.54) is 5.52 Å². The molecule has 0 fully saturated rings. The first-order valence-electron chi connectivity index (χ1n) is 15.2. The third-order valence-electron chi connectivity index (χ3n) is 8.82. The number of aryl methyl sites for hydroxylation is 1. The van der Waals surface area contributed by atoms with Crippen molar-refractivity contribution in [2.45, 2.75) is 45.7 Å². The van der Waals surface area contributed by atoms with Gasteiger partial charge in [-0.05, 0) is 86.3 Å². The first kappa shape index (κ1) is 27.1. The molecule has 5 aromatic rings. The summed E-state index contributed by atoms with van der Waals surface area (Å²) in [6.45, 7) is 8.41. The van der Waals surface area contributed by atoms with Crippen LogP contribution in [-0.4, -0.2) is 41.0 Å². The molecule has 2 atom stereocenters. The average molecular weight is 574 g/mol. The van der Waals surface area contributed by atoms with Gasteiger partial charge in [0.05, 0.1) is 25.2 Å². The lowest BCUT2D eigenvalue weighted by molar-refractivity contribution is -0.119. The Morgan fingerprint density at radius 1 is 0.837 bits per heavy atom. The van der Waals surface area contributed by atoms with Crippen LogP contribution >= 0.6 is 0 Å². The molecule has 0 spiro atoms. The van der Waals surface area contributed by atoms with Gasteiger partial charge in [-0.3, -0.25) is 9.59 Å². The van der Waals surface area contributed by atoms with E-state index in [1.54, 1.807) is 0 Å². The van der Waals surface area contributed by atoms with Gasteiger partial charge in [-0.15, -0.1) is 0 Å². The molecule has 1 aromatic heterocycles. The standard InChI is InChI=1S/C36H35N3O4/c1-4-38-29-14-10-9-11-24(29)28-20-23(15-16-30(28)38)37-35(40)33-25-12-7-8-13-26(25)36(41)39-18-17-22-19-31(42-5-2)32(43-6-3)21-27(22)34(33)39/h7-16,19-21,33-34H,4-6,17-18H2,1-3H3,(H,37,40)/t33-,34-/m0/s1. The van der Waals surface area contributed by atoms with Crippen molar-refractivity contribution < 1.29 is 19.1 Å². The van der Waals surface area contributed by atoms with Crippen molar-refractivity contribution in [1.82, 2.24) is 9.47 Å². The molecule has 0 saturated heterocycles. The summed E-state index contributed by atoms with van der Waals surface area (Å²) in [7, 11) is 0. The molecule has 1 N–H and O–H groups in total. The lowest BCUT2D eigenvalue weighted by Crippen LogP contribution is -2.49. The molecule has 4 aromatic carbocycles. The van der Waals surface area contributed by atoms with E-state index in [-0.39, 0.29) is 11.8 Å². The van der Waals surface area contributed by atoms with Crippen LogP contribution in [0.2, 0.25) is 0 Å². The zero-order valence-corrected chi connectivity index (χ0v) is 24.7. The van der Waals surface area contributed by atoms with Gasteiger partial charge in [0, 0.05) is 46.1 Å². The lowest BCUT2D eigenvalue weighted by Gasteiger charge is -2.45. The smallest absolute Gasteiger partial charge is 0.254 e. The first-order valence-corrected chi connectivity index (χ1v) is 15.2. The number of nitrogens with one attached hydrogen (secondary N) is 1. The van der Waals surface area contributed by atoms with Crippen molar-refractivity contribution in [3.8, 4) is 11.5 Å². The maximum Gasteiger partial charge on any atom is 0.254 e. The molecular formula is C36H35N3O4. The number of benzene rings is 4. The number of carbonyl (C=O) groups excluding carboxylic acids is 2. The Morgan fingerprint density at radius 2 is 1.56 bits per heavy atom. The van der Waals surface area contributed by atoms with E-state index in [9.17, 15) is 9.59 Å². The van der Waals surface area contributed by atoms with Crippen LogP contribution in [-0.2, 0) is 17.8 Å². The highest BCUT2D eigenvalue weighted by molar-refractivity contribution is 6.10. The fraction of sp³-hybridized carbons (Fsp3) is 0.278. The van der Waals surface area contributed by atoms with Gasteiger partial charge in [-0.2, -0.15) is 0 Å². The Bertz CT molecular complexity index is 1890. The summed E-state index contributed by atoms with van der Waals surface area (Å²) in [6.07, 6.45) is 0.679. The normalized spacial score (nSPS) is 17.4. The number of nitrogens with zero attached hydrogens (tertiary/aromatic N) is 2. The number of hydrogen-bond donors (Lipinski definition) is 1. The van der Waals surface area contributed by atoms with Gasteiger partial charge in [0.2, 0.25) is 5.91 Å². The molecule has 0 radical (unpaired) electrons. The molecule has 7 heteroatoms. The zero-order chi connectivity index (χ0) is 29.7. The summed E-state index contributed by atoms with van der Waals surface area (Å²) in [5.41, 5.74) is 6.38. The molecule has 43 heavy (non-hydrogen) atoms. The van der Waals surface area contributed by atoms with Crippen LogP contribution in [0, 0.1) is 0 Å². The quantitative estimate of drug-likeness (QED) is 0.226. The Hall–Kier alpha value is -4.78. The second-order valence-electron chi connectivity index (χ2n) is 11.1. The highest BCUT2D eigenvalue weighted by Crippen LogP contribution is 2.48. The van der Waals surface area contributed by atoms with Gasteiger partial charge in [-0.25, -0.2) is 0 Å². The Morgan fingerprint density at radius 3 is 2.35 bits per heavy atom. The second-order valence-corrected chi connectivity index (χ2v) is 11.1. The molecule has 0 saturated carbocycles. The molecule has 2 aliphatic rings. The van der Waals surface area contributed by atoms with Gasteiger partial charge in [0.25, 0.3) is 5.91 Å². The van der Waals surface area contributed by atoms with E-state index in [0.29, 0.717) is 43.2 Å². The molecule has 0 unspecified atom stereocenters. The predicted octanol–water partition coefficient (Wildman–Crippen LogP) is 7.09. The summed E-state index contributed by atoms with van der Waals surface area (Å²) in [6, 6.07) is 25.5. The number of ether oxygens (including phenoxy) is 2. The summed E-state index contributed by atoms with van der Waals surface area (Å²) in [5.74, 6) is 0.532. The number of carbonyl (C=O) groups is 2. The van der Waals surface area contributed by atoms with Crippen molar-refractivity contribution in [3.05, 3.63) is 101 Å². The van der Waals surface area contributed by atoms with Crippen LogP contribution < -0.4 is 14.8 Å². The monoisotopic (exact) mass is 573 g/mol. The van der Waals surface area contributed by atoms with Crippen molar-refractivity contribution in [3.63, 3.8) is 0 Å². The molecule has 218 valence electrons. The van der Waals surface area contributed by atoms with E-state index in [0.717, 1.165) is 45.2 Å². The Labute approximate surface area is 251 Å². The molecule has 0 bridgehead atoms. The Kier molecular flexibility index (Phi) is 6.80.